The van der Waals surface area contributed by atoms with Crippen LogP contribution in [0, 0.1) is 5.82 Å². The molecule has 5 heteroatoms. The fourth-order valence-electron chi connectivity index (χ4n) is 2.45. The van der Waals surface area contributed by atoms with Crippen LogP contribution in [0.1, 0.15) is 27.7 Å². The van der Waals surface area contributed by atoms with Crippen LogP contribution in [0.2, 0.25) is 0 Å². The standard InChI is InChI=1S/C17H19BFNO2/c1-16(2)17(3,4)22-18(21-16)14-11-12(19)8-9-13(14)15-7-5-6-10-20-15/h5-11H,1-4H3. The molecule has 1 saturated heterocycles. The lowest BCUT2D eigenvalue weighted by molar-refractivity contribution is 0.00578. The van der Waals surface area contributed by atoms with Crippen LogP contribution in [0.3, 0.4) is 0 Å². The molecule has 0 bridgehead atoms. The van der Waals surface area contributed by atoms with Gasteiger partial charge in [-0.25, -0.2) is 4.39 Å². The van der Waals surface area contributed by atoms with Gasteiger partial charge in [-0.15, -0.1) is 0 Å². The second-order valence-corrected chi connectivity index (χ2v) is 6.53. The summed E-state index contributed by atoms with van der Waals surface area (Å²) in [7, 11) is -0.613. The van der Waals surface area contributed by atoms with E-state index in [1.807, 2.05) is 45.9 Å². The molecule has 1 aromatic heterocycles. The van der Waals surface area contributed by atoms with Gasteiger partial charge in [0.1, 0.15) is 5.82 Å². The fraction of sp³-hybridized carbons (Fsp3) is 0.353. The molecule has 1 aliphatic heterocycles. The van der Waals surface area contributed by atoms with Crippen molar-refractivity contribution in [1.29, 1.82) is 0 Å². The topological polar surface area (TPSA) is 31.4 Å². The smallest absolute Gasteiger partial charge is 0.399 e. The molecule has 0 radical (unpaired) electrons. The van der Waals surface area contributed by atoms with E-state index >= 15 is 0 Å². The van der Waals surface area contributed by atoms with Crippen molar-refractivity contribution in [3.05, 3.63) is 48.4 Å². The van der Waals surface area contributed by atoms with Crippen LogP contribution < -0.4 is 5.46 Å². The summed E-state index contributed by atoms with van der Waals surface area (Å²) in [6.07, 6.45) is 1.71. The summed E-state index contributed by atoms with van der Waals surface area (Å²) >= 11 is 0. The van der Waals surface area contributed by atoms with Gasteiger partial charge in [-0.1, -0.05) is 12.1 Å². The van der Waals surface area contributed by atoms with E-state index in [9.17, 15) is 4.39 Å². The molecule has 1 aliphatic rings. The summed E-state index contributed by atoms with van der Waals surface area (Å²) in [5.41, 5.74) is 1.32. The fourth-order valence-corrected chi connectivity index (χ4v) is 2.45. The molecule has 0 atom stereocenters. The van der Waals surface area contributed by atoms with Gasteiger partial charge in [-0.2, -0.15) is 0 Å². The van der Waals surface area contributed by atoms with Crippen LogP contribution in [0.5, 0.6) is 0 Å². The third-order valence-electron chi connectivity index (χ3n) is 4.46. The second kappa shape index (κ2) is 5.18. The quantitative estimate of drug-likeness (QED) is 0.798. The number of aromatic nitrogens is 1. The lowest BCUT2D eigenvalue weighted by atomic mass is 9.75. The molecule has 0 amide bonds. The molecule has 2 heterocycles. The average molecular weight is 299 g/mol. The van der Waals surface area contributed by atoms with Gasteiger partial charge in [0.25, 0.3) is 0 Å². The first kappa shape index (κ1) is 15.2. The van der Waals surface area contributed by atoms with Crippen LogP contribution in [0.4, 0.5) is 4.39 Å². The molecule has 0 saturated carbocycles. The largest absolute Gasteiger partial charge is 0.495 e. The van der Waals surface area contributed by atoms with E-state index in [0.29, 0.717) is 5.46 Å². The maximum atomic E-state index is 13.8. The summed E-state index contributed by atoms with van der Waals surface area (Å²) in [5.74, 6) is -0.315. The summed E-state index contributed by atoms with van der Waals surface area (Å²) < 4.78 is 25.9. The maximum Gasteiger partial charge on any atom is 0.495 e. The van der Waals surface area contributed by atoms with Gasteiger partial charge in [0.05, 0.1) is 16.9 Å². The van der Waals surface area contributed by atoms with Crippen molar-refractivity contribution in [2.75, 3.05) is 0 Å². The lowest BCUT2D eigenvalue weighted by Gasteiger charge is -2.32. The minimum absolute atomic E-state index is 0.315. The summed E-state index contributed by atoms with van der Waals surface area (Å²) in [6.45, 7) is 7.92. The van der Waals surface area contributed by atoms with E-state index in [1.165, 1.54) is 12.1 Å². The van der Waals surface area contributed by atoms with Gasteiger partial charge < -0.3 is 9.31 Å². The van der Waals surface area contributed by atoms with E-state index in [0.717, 1.165) is 11.3 Å². The molecule has 114 valence electrons. The summed E-state index contributed by atoms with van der Waals surface area (Å²) in [5, 5.41) is 0. The third kappa shape index (κ3) is 2.55. The maximum absolute atomic E-state index is 13.8. The predicted octanol–water partition coefficient (Wildman–Crippen LogP) is 3.19. The first-order valence-corrected chi connectivity index (χ1v) is 7.37. The molecule has 0 spiro atoms. The minimum Gasteiger partial charge on any atom is -0.399 e. The summed E-state index contributed by atoms with van der Waals surface area (Å²) in [4.78, 5) is 4.35. The third-order valence-corrected chi connectivity index (χ3v) is 4.46. The number of nitrogens with zero attached hydrogens (tertiary/aromatic N) is 1. The Morgan fingerprint density at radius 2 is 1.68 bits per heavy atom. The van der Waals surface area contributed by atoms with Gasteiger partial charge >= 0.3 is 7.12 Å². The Morgan fingerprint density at radius 1 is 1.00 bits per heavy atom. The van der Waals surface area contributed by atoms with Crippen LogP contribution in [-0.2, 0) is 9.31 Å². The zero-order chi connectivity index (χ0) is 16.0. The van der Waals surface area contributed by atoms with E-state index in [-0.39, 0.29) is 5.82 Å². The van der Waals surface area contributed by atoms with E-state index < -0.39 is 18.3 Å². The van der Waals surface area contributed by atoms with Crippen molar-refractivity contribution >= 4 is 12.6 Å². The molecule has 0 aliphatic carbocycles. The van der Waals surface area contributed by atoms with Crippen molar-refractivity contribution in [3.63, 3.8) is 0 Å². The van der Waals surface area contributed by atoms with Gasteiger partial charge in [0, 0.05) is 11.8 Å². The van der Waals surface area contributed by atoms with Crippen molar-refractivity contribution in [3.8, 4) is 11.3 Å². The molecule has 0 N–H and O–H groups in total. The number of halogens is 1. The van der Waals surface area contributed by atoms with Crippen molar-refractivity contribution in [2.24, 2.45) is 0 Å². The molecule has 1 aromatic carbocycles. The molecular formula is C17H19BFNO2. The lowest BCUT2D eigenvalue weighted by Crippen LogP contribution is -2.41. The highest BCUT2D eigenvalue weighted by Crippen LogP contribution is 2.37. The Kier molecular flexibility index (Phi) is 3.58. The SMILES string of the molecule is CC1(C)OB(c2cc(F)ccc2-c2ccccn2)OC1(C)C. The average Bonchev–Trinajstić information content (AvgIpc) is 2.68. The zero-order valence-corrected chi connectivity index (χ0v) is 13.3. The highest BCUT2D eigenvalue weighted by Gasteiger charge is 2.52. The highest BCUT2D eigenvalue weighted by atomic mass is 19.1. The van der Waals surface area contributed by atoms with Crippen LogP contribution in [0.15, 0.2) is 42.6 Å². The van der Waals surface area contributed by atoms with Gasteiger partial charge in [-0.05, 0) is 57.4 Å². The number of benzene rings is 1. The molecular weight excluding hydrogens is 280 g/mol. The van der Waals surface area contributed by atoms with Crippen molar-refractivity contribution in [2.45, 2.75) is 38.9 Å². The van der Waals surface area contributed by atoms with Gasteiger partial charge in [0.2, 0.25) is 0 Å². The predicted molar refractivity (Wildman–Crippen MR) is 85.3 cm³/mol. The first-order chi connectivity index (χ1) is 10.3. The van der Waals surface area contributed by atoms with Crippen molar-refractivity contribution in [1.82, 2.24) is 4.98 Å². The molecule has 22 heavy (non-hydrogen) atoms. The highest BCUT2D eigenvalue weighted by molar-refractivity contribution is 6.63. The molecule has 0 unspecified atom stereocenters. The van der Waals surface area contributed by atoms with Crippen molar-refractivity contribution < 1.29 is 13.7 Å². The van der Waals surface area contributed by atoms with Crippen LogP contribution in [0.25, 0.3) is 11.3 Å². The van der Waals surface area contributed by atoms with Crippen LogP contribution in [-0.4, -0.2) is 23.3 Å². The summed E-state index contributed by atoms with van der Waals surface area (Å²) in [6, 6.07) is 10.3. The molecule has 2 aromatic rings. The van der Waals surface area contributed by atoms with Gasteiger partial charge in [0.15, 0.2) is 0 Å². The van der Waals surface area contributed by atoms with E-state index in [1.54, 1.807) is 12.3 Å². The second-order valence-electron chi connectivity index (χ2n) is 6.53. The zero-order valence-electron chi connectivity index (χ0n) is 13.3. The first-order valence-electron chi connectivity index (χ1n) is 7.37. The normalized spacial score (nSPS) is 19.4. The van der Waals surface area contributed by atoms with E-state index in [2.05, 4.69) is 4.98 Å². The number of hydrogen-bond donors (Lipinski definition) is 0. The monoisotopic (exact) mass is 299 g/mol. The van der Waals surface area contributed by atoms with E-state index in [4.69, 9.17) is 9.31 Å². The molecule has 1 fully saturated rings. The Labute approximate surface area is 130 Å². The number of rotatable bonds is 2. The number of pyridine rings is 1. The molecule has 3 rings (SSSR count). The van der Waals surface area contributed by atoms with Crippen LogP contribution >= 0.6 is 0 Å². The Balaban J connectivity index is 2.07. The number of hydrogen-bond acceptors (Lipinski definition) is 3. The molecule has 3 nitrogen and oxygen atoms in total. The van der Waals surface area contributed by atoms with Gasteiger partial charge in [-0.3, -0.25) is 4.98 Å². The minimum atomic E-state index is -0.613. The Hall–Kier alpha value is -1.72. The Morgan fingerprint density at radius 3 is 2.27 bits per heavy atom. The Bertz CT molecular complexity index is 672.